The summed E-state index contributed by atoms with van der Waals surface area (Å²) in [6.45, 7) is 2.11. The van der Waals surface area contributed by atoms with E-state index in [9.17, 15) is 0 Å². The van der Waals surface area contributed by atoms with Crippen LogP contribution in [0.4, 0.5) is 0 Å². The van der Waals surface area contributed by atoms with E-state index in [-0.39, 0.29) is 6.04 Å². The van der Waals surface area contributed by atoms with E-state index in [4.69, 9.17) is 0 Å². The van der Waals surface area contributed by atoms with Crippen molar-refractivity contribution in [2.75, 3.05) is 7.05 Å². The van der Waals surface area contributed by atoms with Gasteiger partial charge in [0.1, 0.15) is 0 Å². The highest BCUT2D eigenvalue weighted by Gasteiger charge is 2.18. The molecule has 0 amide bonds. The summed E-state index contributed by atoms with van der Waals surface area (Å²) in [5.74, 6) is 0. The average Bonchev–Trinajstić information content (AvgIpc) is 2.80. The summed E-state index contributed by atoms with van der Waals surface area (Å²) in [4.78, 5) is 1.22. The van der Waals surface area contributed by atoms with Crippen LogP contribution >= 0.6 is 11.5 Å². The van der Waals surface area contributed by atoms with E-state index in [2.05, 4.69) is 46.1 Å². The Bertz CT molecular complexity index is 439. The standard InChI is InChI=1S/C12H15N3S/c1-3-10-12(16-15-14-10)11(13-2)9-7-5-4-6-8-9/h4-8,11,13H,3H2,1-2H3. The Morgan fingerprint density at radius 3 is 2.69 bits per heavy atom. The molecule has 1 aromatic heterocycles. The molecular weight excluding hydrogens is 218 g/mol. The van der Waals surface area contributed by atoms with Crippen molar-refractivity contribution in [2.24, 2.45) is 0 Å². The lowest BCUT2D eigenvalue weighted by molar-refractivity contribution is 0.693. The summed E-state index contributed by atoms with van der Waals surface area (Å²) in [6, 6.07) is 10.6. The number of benzene rings is 1. The third-order valence-corrected chi connectivity index (χ3v) is 3.44. The highest BCUT2D eigenvalue weighted by molar-refractivity contribution is 7.05. The molecule has 0 aliphatic rings. The van der Waals surface area contributed by atoms with Gasteiger partial charge in [-0.1, -0.05) is 41.7 Å². The predicted octanol–water partition coefficient (Wildman–Crippen LogP) is 2.41. The van der Waals surface area contributed by atoms with Crippen LogP contribution in [0.15, 0.2) is 30.3 Å². The van der Waals surface area contributed by atoms with Crippen LogP contribution in [0.2, 0.25) is 0 Å². The van der Waals surface area contributed by atoms with Crippen molar-refractivity contribution in [1.29, 1.82) is 0 Å². The number of hydrogen-bond donors (Lipinski definition) is 1. The summed E-state index contributed by atoms with van der Waals surface area (Å²) in [6.07, 6.45) is 0.927. The quantitative estimate of drug-likeness (QED) is 0.881. The molecule has 16 heavy (non-hydrogen) atoms. The van der Waals surface area contributed by atoms with Gasteiger partial charge >= 0.3 is 0 Å². The zero-order chi connectivity index (χ0) is 11.4. The van der Waals surface area contributed by atoms with Gasteiger partial charge in [0.2, 0.25) is 0 Å². The van der Waals surface area contributed by atoms with E-state index in [0.29, 0.717) is 0 Å². The van der Waals surface area contributed by atoms with Crippen LogP contribution in [0, 0.1) is 0 Å². The molecule has 0 aliphatic heterocycles. The normalized spacial score (nSPS) is 12.6. The first kappa shape index (κ1) is 11.2. The third kappa shape index (κ3) is 2.13. The van der Waals surface area contributed by atoms with Gasteiger partial charge in [0.15, 0.2) is 0 Å². The smallest absolute Gasteiger partial charge is 0.0804 e. The molecule has 1 N–H and O–H groups in total. The second-order valence-corrected chi connectivity index (χ2v) is 4.36. The Kier molecular flexibility index (Phi) is 3.64. The van der Waals surface area contributed by atoms with Crippen LogP contribution < -0.4 is 5.32 Å². The molecule has 1 aromatic carbocycles. The number of nitrogens with one attached hydrogen (secondary N) is 1. The summed E-state index contributed by atoms with van der Waals surface area (Å²) >= 11 is 1.48. The number of hydrogen-bond acceptors (Lipinski definition) is 4. The second-order valence-electron chi connectivity index (χ2n) is 3.57. The molecule has 1 unspecified atom stereocenters. The monoisotopic (exact) mass is 233 g/mol. The van der Waals surface area contributed by atoms with Gasteiger partial charge < -0.3 is 5.32 Å². The van der Waals surface area contributed by atoms with Crippen molar-refractivity contribution in [1.82, 2.24) is 14.9 Å². The molecular formula is C12H15N3S. The average molecular weight is 233 g/mol. The number of rotatable bonds is 4. The van der Waals surface area contributed by atoms with Gasteiger partial charge in [0, 0.05) is 0 Å². The maximum atomic E-state index is 4.16. The zero-order valence-electron chi connectivity index (χ0n) is 9.47. The molecule has 0 spiro atoms. The maximum absolute atomic E-state index is 4.16. The SMILES string of the molecule is CCc1nnsc1C(NC)c1ccccc1. The van der Waals surface area contributed by atoms with Gasteiger partial charge in [0.05, 0.1) is 16.6 Å². The topological polar surface area (TPSA) is 37.8 Å². The van der Waals surface area contributed by atoms with E-state index in [1.165, 1.54) is 22.0 Å². The first-order valence-electron chi connectivity index (χ1n) is 5.40. The van der Waals surface area contributed by atoms with Gasteiger partial charge in [-0.05, 0) is 30.6 Å². The fraction of sp³-hybridized carbons (Fsp3) is 0.333. The van der Waals surface area contributed by atoms with Crippen LogP contribution in [0.5, 0.6) is 0 Å². The summed E-state index contributed by atoms with van der Waals surface area (Å²) in [5, 5.41) is 7.48. The molecule has 2 rings (SSSR count). The van der Waals surface area contributed by atoms with Crippen molar-refractivity contribution in [3.8, 4) is 0 Å². The first-order valence-corrected chi connectivity index (χ1v) is 6.17. The molecule has 0 radical (unpaired) electrons. The minimum atomic E-state index is 0.205. The number of aromatic nitrogens is 2. The Morgan fingerprint density at radius 1 is 1.31 bits per heavy atom. The third-order valence-electron chi connectivity index (χ3n) is 2.60. The van der Waals surface area contributed by atoms with Gasteiger partial charge in [-0.3, -0.25) is 0 Å². The Balaban J connectivity index is 2.37. The molecule has 2 aromatic rings. The van der Waals surface area contributed by atoms with Crippen LogP contribution in [-0.4, -0.2) is 16.6 Å². The molecule has 0 bridgehead atoms. The van der Waals surface area contributed by atoms with Crippen molar-refractivity contribution >= 4 is 11.5 Å². The summed E-state index contributed by atoms with van der Waals surface area (Å²) in [5.41, 5.74) is 2.35. The van der Waals surface area contributed by atoms with Crippen molar-refractivity contribution in [2.45, 2.75) is 19.4 Å². The van der Waals surface area contributed by atoms with E-state index in [1.54, 1.807) is 0 Å². The molecule has 0 aliphatic carbocycles. The first-order chi connectivity index (χ1) is 7.86. The lowest BCUT2D eigenvalue weighted by Crippen LogP contribution is -2.17. The summed E-state index contributed by atoms with van der Waals surface area (Å²) < 4.78 is 4.04. The highest BCUT2D eigenvalue weighted by atomic mass is 32.1. The van der Waals surface area contributed by atoms with Gasteiger partial charge in [-0.25, -0.2) is 0 Å². The number of nitrogens with zero attached hydrogens (tertiary/aromatic N) is 2. The zero-order valence-corrected chi connectivity index (χ0v) is 10.3. The molecule has 84 valence electrons. The van der Waals surface area contributed by atoms with Crippen LogP contribution in [-0.2, 0) is 6.42 Å². The molecule has 4 heteroatoms. The predicted molar refractivity (Wildman–Crippen MR) is 66.6 cm³/mol. The van der Waals surface area contributed by atoms with Crippen LogP contribution in [0.25, 0.3) is 0 Å². The van der Waals surface area contributed by atoms with Gasteiger partial charge in [-0.15, -0.1) is 5.10 Å². The lowest BCUT2D eigenvalue weighted by Gasteiger charge is -2.15. The molecule has 0 fully saturated rings. The maximum Gasteiger partial charge on any atom is 0.0804 e. The molecule has 1 heterocycles. The molecule has 0 saturated heterocycles. The van der Waals surface area contributed by atoms with Crippen molar-refractivity contribution in [3.05, 3.63) is 46.5 Å². The van der Waals surface area contributed by atoms with E-state index < -0.39 is 0 Å². The Morgan fingerprint density at radius 2 is 2.06 bits per heavy atom. The van der Waals surface area contributed by atoms with E-state index >= 15 is 0 Å². The minimum absolute atomic E-state index is 0.205. The molecule has 3 nitrogen and oxygen atoms in total. The highest BCUT2D eigenvalue weighted by Crippen LogP contribution is 2.26. The Hall–Kier alpha value is -1.26. The van der Waals surface area contributed by atoms with Gasteiger partial charge in [-0.2, -0.15) is 0 Å². The van der Waals surface area contributed by atoms with E-state index in [1.807, 2.05) is 13.1 Å². The van der Waals surface area contributed by atoms with Crippen molar-refractivity contribution < 1.29 is 0 Å². The largest absolute Gasteiger partial charge is 0.309 e. The molecule has 0 saturated carbocycles. The van der Waals surface area contributed by atoms with Crippen LogP contribution in [0.1, 0.15) is 29.1 Å². The van der Waals surface area contributed by atoms with E-state index in [0.717, 1.165) is 12.1 Å². The summed E-state index contributed by atoms with van der Waals surface area (Å²) in [7, 11) is 1.97. The van der Waals surface area contributed by atoms with Crippen LogP contribution in [0.3, 0.4) is 0 Å². The van der Waals surface area contributed by atoms with Gasteiger partial charge in [0.25, 0.3) is 0 Å². The van der Waals surface area contributed by atoms with Crippen molar-refractivity contribution in [3.63, 3.8) is 0 Å². The second kappa shape index (κ2) is 5.18. The minimum Gasteiger partial charge on any atom is -0.309 e. The fourth-order valence-corrected chi connectivity index (χ4v) is 2.65. The fourth-order valence-electron chi connectivity index (χ4n) is 1.77. The lowest BCUT2D eigenvalue weighted by atomic mass is 10.0. The number of aryl methyl sites for hydroxylation is 1. The molecule has 1 atom stereocenters. The Labute approximate surface area is 99.7 Å².